The third-order valence-electron chi connectivity index (χ3n) is 3.64. The molecule has 0 N–H and O–H groups in total. The van der Waals surface area contributed by atoms with Gasteiger partial charge in [-0.25, -0.2) is 0 Å². The second kappa shape index (κ2) is 7.37. The molecule has 0 atom stereocenters. The lowest BCUT2D eigenvalue weighted by molar-refractivity contribution is -0.107. The molecule has 0 aliphatic carbocycles. The van der Waals surface area contributed by atoms with Crippen LogP contribution in [0, 0.1) is 11.3 Å². The number of anilines is 2. The van der Waals surface area contributed by atoms with E-state index in [9.17, 15) is 10.1 Å². The molecule has 21 heavy (non-hydrogen) atoms. The molecule has 0 spiro atoms. The van der Waals surface area contributed by atoms with Gasteiger partial charge in [-0.15, -0.1) is 11.8 Å². The minimum Gasteiger partial charge on any atom is -0.370 e. The molecular formula is C16H21N3OS. The number of hydrogen-bond donors (Lipinski definition) is 0. The van der Waals surface area contributed by atoms with Crippen molar-refractivity contribution in [1.29, 1.82) is 5.26 Å². The minimum atomic E-state index is 0.654. The highest BCUT2D eigenvalue weighted by molar-refractivity contribution is 7.99. The molecule has 0 unspecified atom stereocenters. The molecule has 1 heterocycles. The summed E-state index contributed by atoms with van der Waals surface area (Å²) < 4.78 is 0. The van der Waals surface area contributed by atoms with Gasteiger partial charge in [-0.2, -0.15) is 5.26 Å². The van der Waals surface area contributed by atoms with E-state index in [2.05, 4.69) is 24.0 Å². The number of nitrogens with zero attached hydrogens (tertiary/aromatic N) is 3. The Morgan fingerprint density at radius 3 is 2.71 bits per heavy atom. The quantitative estimate of drug-likeness (QED) is 0.598. The Bertz CT molecular complexity index is 547. The summed E-state index contributed by atoms with van der Waals surface area (Å²) >= 11 is 1.75. The zero-order chi connectivity index (χ0) is 15.2. The molecule has 0 radical (unpaired) electrons. The molecule has 112 valence electrons. The van der Waals surface area contributed by atoms with E-state index in [0.717, 1.165) is 47.9 Å². The molecule has 2 rings (SSSR count). The van der Waals surface area contributed by atoms with Gasteiger partial charge in [0.1, 0.15) is 6.07 Å². The van der Waals surface area contributed by atoms with Crippen molar-refractivity contribution in [3.05, 3.63) is 17.7 Å². The first kappa shape index (κ1) is 15.7. The summed E-state index contributed by atoms with van der Waals surface area (Å²) in [4.78, 5) is 16.0. The molecule has 0 saturated carbocycles. The van der Waals surface area contributed by atoms with Crippen molar-refractivity contribution in [1.82, 2.24) is 0 Å². The third-order valence-corrected chi connectivity index (χ3v) is 4.89. The number of rotatable bonds is 6. The van der Waals surface area contributed by atoms with Gasteiger partial charge < -0.3 is 9.80 Å². The van der Waals surface area contributed by atoms with Gasteiger partial charge in [0.15, 0.2) is 0 Å². The van der Waals surface area contributed by atoms with E-state index in [1.54, 1.807) is 23.7 Å². The SMILES string of the molecule is CCCSc1cc(N2CCCC2)c(C#N)cc1N(C)C=O. The van der Waals surface area contributed by atoms with E-state index < -0.39 is 0 Å². The molecule has 1 aromatic rings. The lowest BCUT2D eigenvalue weighted by atomic mass is 10.1. The molecule has 4 nitrogen and oxygen atoms in total. The van der Waals surface area contributed by atoms with Crippen molar-refractivity contribution < 1.29 is 4.79 Å². The van der Waals surface area contributed by atoms with Crippen molar-refractivity contribution in [3.63, 3.8) is 0 Å². The van der Waals surface area contributed by atoms with E-state index in [1.807, 2.05) is 6.07 Å². The van der Waals surface area contributed by atoms with Crippen LogP contribution < -0.4 is 9.80 Å². The monoisotopic (exact) mass is 303 g/mol. The Hall–Kier alpha value is -1.67. The number of hydrogen-bond acceptors (Lipinski definition) is 4. The Labute approximate surface area is 130 Å². The average Bonchev–Trinajstić information content (AvgIpc) is 3.05. The lowest BCUT2D eigenvalue weighted by Gasteiger charge is -2.23. The zero-order valence-corrected chi connectivity index (χ0v) is 13.4. The average molecular weight is 303 g/mol. The summed E-state index contributed by atoms with van der Waals surface area (Å²) in [7, 11) is 1.73. The van der Waals surface area contributed by atoms with Crippen molar-refractivity contribution in [2.75, 3.05) is 35.7 Å². The lowest BCUT2D eigenvalue weighted by Crippen LogP contribution is -2.20. The topological polar surface area (TPSA) is 47.3 Å². The number of benzene rings is 1. The first-order valence-electron chi connectivity index (χ1n) is 7.35. The first-order chi connectivity index (χ1) is 10.2. The van der Waals surface area contributed by atoms with Crippen LogP contribution in [0.4, 0.5) is 11.4 Å². The molecule has 1 aliphatic heterocycles. The molecule has 1 fully saturated rings. The maximum absolute atomic E-state index is 11.1. The summed E-state index contributed by atoms with van der Waals surface area (Å²) in [5, 5.41) is 9.43. The van der Waals surface area contributed by atoms with Crippen LogP contribution in [0.25, 0.3) is 0 Å². The molecule has 1 amide bonds. The second-order valence-corrected chi connectivity index (χ2v) is 6.34. The Kier molecular flexibility index (Phi) is 5.51. The number of nitriles is 1. The van der Waals surface area contributed by atoms with Crippen molar-refractivity contribution in [3.8, 4) is 6.07 Å². The molecule has 1 aromatic carbocycles. The number of carbonyl (C=O) groups is 1. The predicted octanol–water partition coefficient (Wildman–Crippen LogP) is 3.25. The molecule has 1 saturated heterocycles. The highest BCUT2D eigenvalue weighted by Crippen LogP contribution is 2.37. The molecule has 1 aliphatic rings. The summed E-state index contributed by atoms with van der Waals surface area (Å²) in [6.45, 7) is 4.16. The van der Waals surface area contributed by atoms with Crippen LogP contribution in [-0.4, -0.2) is 32.3 Å². The Balaban J connectivity index is 2.45. The first-order valence-corrected chi connectivity index (χ1v) is 8.33. The van der Waals surface area contributed by atoms with E-state index in [1.165, 1.54) is 12.8 Å². The maximum Gasteiger partial charge on any atom is 0.213 e. The van der Waals surface area contributed by atoms with E-state index >= 15 is 0 Å². The van der Waals surface area contributed by atoms with Gasteiger partial charge in [-0.1, -0.05) is 6.92 Å². The summed E-state index contributed by atoms with van der Waals surface area (Å²) in [5.41, 5.74) is 2.49. The van der Waals surface area contributed by atoms with Gasteiger partial charge in [0, 0.05) is 25.0 Å². The van der Waals surface area contributed by atoms with Crippen molar-refractivity contribution in [2.45, 2.75) is 31.1 Å². The normalized spacial score (nSPS) is 14.0. The molecule has 0 aromatic heterocycles. The van der Waals surface area contributed by atoms with Crippen LogP contribution in [0.2, 0.25) is 0 Å². The van der Waals surface area contributed by atoms with Crippen molar-refractivity contribution >= 4 is 29.5 Å². The second-order valence-electron chi connectivity index (χ2n) is 5.21. The smallest absolute Gasteiger partial charge is 0.213 e. The number of carbonyl (C=O) groups excluding carboxylic acids is 1. The fourth-order valence-corrected chi connectivity index (χ4v) is 3.50. The molecule has 5 heteroatoms. The fraction of sp³-hybridized carbons (Fsp3) is 0.500. The summed E-state index contributed by atoms with van der Waals surface area (Å²) in [6, 6.07) is 6.21. The van der Waals surface area contributed by atoms with Crippen LogP contribution in [0.15, 0.2) is 17.0 Å². The number of amides is 1. The van der Waals surface area contributed by atoms with Gasteiger partial charge in [0.05, 0.1) is 16.9 Å². The van der Waals surface area contributed by atoms with E-state index in [4.69, 9.17) is 0 Å². The van der Waals surface area contributed by atoms with Crippen LogP contribution >= 0.6 is 11.8 Å². The van der Waals surface area contributed by atoms with Crippen LogP contribution in [-0.2, 0) is 4.79 Å². The van der Waals surface area contributed by atoms with Crippen LogP contribution in [0.5, 0.6) is 0 Å². The minimum absolute atomic E-state index is 0.654. The molecular weight excluding hydrogens is 282 g/mol. The highest BCUT2D eigenvalue weighted by Gasteiger charge is 2.19. The van der Waals surface area contributed by atoms with Gasteiger partial charge in [-0.3, -0.25) is 4.79 Å². The summed E-state index contributed by atoms with van der Waals surface area (Å²) in [6.07, 6.45) is 4.23. The predicted molar refractivity (Wildman–Crippen MR) is 88.1 cm³/mol. The molecule has 0 bridgehead atoms. The van der Waals surface area contributed by atoms with Crippen LogP contribution in [0.3, 0.4) is 0 Å². The van der Waals surface area contributed by atoms with Gasteiger partial charge >= 0.3 is 0 Å². The largest absolute Gasteiger partial charge is 0.370 e. The van der Waals surface area contributed by atoms with Gasteiger partial charge in [0.25, 0.3) is 0 Å². The Morgan fingerprint density at radius 2 is 2.14 bits per heavy atom. The van der Waals surface area contributed by atoms with Gasteiger partial charge in [-0.05, 0) is 37.1 Å². The van der Waals surface area contributed by atoms with Crippen molar-refractivity contribution in [2.24, 2.45) is 0 Å². The van der Waals surface area contributed by atoms with Crippen LogP contribution in [0.1, 0.15) is 31.7 Å². The maximum atomic E-state index is 11.1. The third kappa shape index (κ3) is 3.51. The number of thioether (sulfide) groups is 1. The Morgan fingerprint density at radius 1 is 1.43 bits per heavy atom. The van der Waals surface area contributed by atoms with Gasteiger partial charge in [0.2, 0.25) is 6.41 Å². The van der Waals surface area contributed by atoms with E-state index in [-0.39, 0.29) is 0 Å². The summed E-state index contributed by atoms with van der Waals surface area (Å²) in [5.74, 6) is 1.00. The fourth-order valence-electron chi connectivity index (χ4n) is 2.53. The van der Waals surface area contributed by atoms with E-state index in [0.29, 0.717) is 5.56 Å². The zero-order valence-electron chi connectivity index (χ0n) is 12.6. The standard InChI is InChI=1S/C16H21N3OS/c1-3-8-21-16-10-14(19-6-4-5-7-19)13(11-17)9-15(16)18(2)12-20/h9-10,12H,3-8H2,1-2H3. The highest BCUT2D eigenvalue weighted by atomic mass is 32.2.